The Morgan fingerprint density at radius 3 is 2.50 bits per heavy atom. The van der Waals surface area contributed by atoms with Crippen LogP contribution in [0.25, 0.3) is 11.1 Å². The molecule has 2 N–H and O–H groups in total. The summed E-state index contributed by atoms with van der Waals surface area (Å²) in [7, 11) is 0. The lowest BCUT2D eigenvalue weighted by Gasteiger charge is -2.20. The minimum atomic E-state index is -0.0904. The summed E-state index contributed by atoms with van der Waals surface area (Å²) >= 11 is 0. The van der Waals surface area contributed by atoms with Gasteiger partial charge in [0.1, 0.15) is 13.2 Å². The molecule has 3 aromatic rings. The predicted octanol–water partition coefficient (Wildman–Crippen LogP) is 3.73. The summed E-state index contributed by atoms with van der Waals surface area (Å²) in [6.07, 6.45) is 1.75. The second-order valence-electron chi connectivity index (χ2n) is 6.27. The maximum absolute atomic E-state index is 12.2. The second-order valence-corrected chi connectivity index (χ2v) is 6.27. The van der Waals surface area contributed by atoms with E-state index in [2.05, 4.69) is 10.3 Å². The van der Waals surface area contributed by atoms with E-state index in [9.17, 15) is 4.79 Å². The van der Waals surface area contributed by atoms with Gasteiger partial charge in [0, 0.05) is 30.1 Å². The molecule has 0 saturated heterocycles. The fraction of sp³-hybridized carbons (Fsp3) is 0.190. The van der Waals surface area contributed by atoms with Crippen LogP contribution in [0.2, 0.25) is 0 Å². The molecule has 4 rings (SSSR count). The van der Waals surface area contributed by atoms with Gasteiger partial charge in [0.05, 0.1) is 0 Å². The number of benzene rings is 2. The van der Waals surface area contributed by atoms with E-state index in [4.69, 9.17) is 9.47 Å². The van der Waals surface area contributed by atoms with Gasteiger partial charge in [0.2, 0.25) is 0 Å². The summed E-state index contributed by atoms with van der Waals surface area (Å²) in [5.74, 6) is 1.50. The molecule has 5 nitrogen and oxygen atoms in total. The minimum Gasteiger partial charge on any atom is -0.486 e. The Hall–Kier alpha value is -3.21. The summed E-state index contributed by atoms with van der Waals surface area (Å²) in [4.78, 5) is 15.0. The van der Waals surface area contributed by atoms with Gasteiger partial charge in [-0.05, 0) is 35.7 Å². The monoisotopic (exact) mass is 348 g/mol. The van der Waals surface area contributed by atoms with Crippen LogP contribution in [0.3, 0.4) is 0 Å². The Bertz CT molecular complexity index is 980. The first-order valence-electron chi connectivity index (χ1n) is 8.62. The number of aromatic amines is 1. The van der Waals surface area contributed by atoms with Crippen LogP contribution in [-0.4, -0.2) is 18.2 Å². The molecule has 0 radical (unpaired) electrons. The third kappa shape index (κ3) is 3.28. The zero-order valence-electron chi connectivity index (χ0n) is 14.5. The lowest BCUT2D eigenvalue weighted by Crippen LogP contribution is -2.17. The van der Waals surface area contributed by atoms with Gasteiger partial charge < -0.3 is 19.8 Å². The number of fused-ring (bicyclic) bond motifs is 1. The smallest absolute Gasteiger partial charge is 0.252 e. The van der Waals surface area contributed by atoms with Crippen molar-refractivity contribution in [3.63, 3.8) is 0 Å². The molecule has 1 aliphatic rings. The van der Waals surface area contributed by atoms with Gasteiger partial charge >= 0.3 is 0 Å². The van der Waals surface area contributed by atoms with Crippen LogP contribution in [0.5, 0.6) is 11.5 Å². The summed E-state index contributed by atoms with van der Waals surface area (Å²) in [6, 6.07) is 15.8. The normalized spacial score (nSPS) is 12.7. The van der Waals surface area contributed by atoms with Crippen molar-refractivity contribution >= 4 is 5.69 Å². The van der Waals surface area contributed by atoms with E-state index < -0.39 is 0 Å². The molecule has 1 aliphatic heterocycles. The average molecular weight is 348 g/mol. The van der Waals surface area contributed by atoms with Crippen LogP contribution in [-0.2, 0) is 6.54 Å². The number of H-pyrrole nitrogens is 1. The lowest BCUT2D eigenvalue weighted by atomic mass is 10.1. The molecular weight excluding hydrogens is 328 g/mol. The first-order valence-corrected chi connectivity index (χ1v) is 8.62. The standard InChI is InChI=1S/C21H20N2O3/c1-14-9-19-20(26-8-7-25-19)11-18(14)22-13-17-10-16(12-23-21(17)24)15-5-3-2-4-6-15/h2-6,9-12,22H,7-8,13H2,1H3,(H,23,24). The number of hydrogen-bond acceptors (Lipinski definition) is 4. The fourth-order valence-electron chi connectivity index (χ4n) is 3.03. The quantitative estimate of drug-likeness (QED) is 0.754. The third-order valence-electron chi connectivity index (χ3n) is 4.45. The maximum atomic E-state index is 12.2. The molecule has 0 spiro atoms. The van der Waals surface area contributed by atoms with E-state index in [-0.39, 0.29) is 5.56 Å². The number of rotatable bonds is 4. The summed E-state index contributed by atoms with van der Waals surface area (Å²) in [5.41, 5.74) is 4.62. The van der Waals surface area contributed by atoms with E-state index in [0.717, 1.165) is 33.9 Å². The average Bonchev–Trinajstić information content (AvgIpc) is 2.68. The third-order valence-corrected chi connectivity index (χ3v) is 4.45. The molecule has 2 heterocycles. The summed E-state index contributed by atoms with van der Waals surface area (Å²) in [6.45, 7) is 3.55. The molecule has 26 heavy (non-hydrogen) atoms. The van der Waals surface area contributed by atoms with E-state index in [0.29, 0.717) is 25.3 Å². The summed E-state index contributed by atoms with van der Waals surface area (Å²) in [5, 5.41) is 3.34. The molecule has 0 bridgehead atoms. The molecule has 132 valence electrons. The highest BCUT2D eigenvalue weighted by molar-refractivity contribution is 5.64. The van der Waals surface area contributed by atoms with Crippen LogP contribution >= 0.6 is 0 Å². The number of aryl methyl sites for hydroxylation is 1. The van der Waals surface area contributed by atoms with E-state index in [1.54, 1.807) is 6.20 Å². The van der Waals surface area contributed by atoms with Crippen molar-refractivity contribution in [2.45, 2.75) is 13.5 Å². The number of hydrogen-bond donors (Lipinski definition) is 2. The Kier molecular flexibility index (Phi) is 4.35. The number of anilines is 1. The highest BCUT2D eigenvalue weighted by Crippen LogP contribution is 2.35. The van der Waals surface area contributed by atoms with Gasteiger partial charge in [-0.25, -0.2) is 0 Å². The van der Waals surface area contributed by atoms with Crippen molar-refractivity contribution in [2.24, 2.45) is 0 Å². The zero-order chi connectivity index (χ0) is 17.9. The highest BCUT2D eigenvalue weighted by atomic mass is 16.6. The first kappa shape index (κ1) is 16.3. The first-order chi connectivity index (χ1) is 12.7. The maximum Gasteiger partial charge on any atom is 0.252 e. The van der Waals surface area contributed by atoms with Gasteiger partial charge in [0.25, 0.3) is 5.56 Å². The van der Waals surface area contributed by atoms with E-state index >= 15 is 0 Å². The molecule has 0 aliphatic carbocycles. The molecular formula is C21H20N2O3. The van der Waals surface area contributed by atoms with Crippen molar-refractivity contribution in [3.05, 3.63) is 76.2 Å². The molecule has 5 heteroatoms. The minimum absolute atomic E-state index is 0.0904. The van der Waals surface area contributed by atoms with Crippen LogP contribution in [0.15, 0.2) is 59.5 Å². The number of aromatic nitrogens is 1. The lowest BCUT2D eigenvalue weighted by molar-refractivity contribution is 0.171. The van der Waals surface area contributed by atoms with Crippen molar-refractivity contribution in [1.29, 1.82) is 0 Å². The summed E-state index contributed by atoms with van der Waals surface area (Å²) < 4.78 is 11.2. The Balaban J connectivity index is 1.58. The Morgan fingerprint density at radius 1 is 1.00 bits per heavy atom. The Labute approximate surface area is 151 Å². The number of ether oxygens (including phenoxy) is 2. The van der Waals surface area contributed by atoms with Crippen LogP contribution in [0.4, 0.5) is 5.69 Å². The van der Waals surface area contributed by atoms with Gasteiger partial charge in [0.15, 0.2) is 11.5 Å². The number of pyridine rings is 1. The highest BCUT2D eigenvalue weighted by Gasteiger charge is 2.14. The largest absolute Gasteiger partial charge is 0.486 e. The Morgan fingerprint density at radius 2 is 1.73 bits per heavy atom. The topological polar surface area (TPSA) is 63.4 Å². The zero-order valence-corrected chi connectivity index (χ0v) is 14.5. The number of nitrogens with one attached hydrogen (secondary N) is 2. The second kappa shape index (κ2) is 6.96. The van der Waals surface area contributed by atoms with E-state index in [1.165, 1.54) is 0 Å². The van der Waals surface area contributed by atoms with Gasteiger partial charge in [-0.2, -0.15) is 0 Å². The van der Waals surface area contributed by atoms with Crippen molar-refractivity contribution < 1.29 is 9.47 Å². The van der Waals surface area contributed by atoms with Crippen molar-refractivity contribution in [3.8, 4) is 22.6 Å². The van der Waals surface area contributed by atoms with E-state index in [1.807, 2.05) is 55.5 Å². The molecule has 0 amide bonds. The van der Waals surface area contributed by atoms with Crippen LogP contribution in [0, 0.1) is 6.92 Å². The molecule has 0 unspecified atom stereocenters. The molecule has 0 fully saturated rings. The molecule has 0 saturated carbocycles. The molecule has 0 atom stereocenters. The van der Waals surface area contributed by atoms with Crippen molar-refractivity contribution in [2.75, 3.05) is 18.5 Å². The van der Waals surface area contributed by atoms with Crippen molar-refractivity contribution in [1.82, 2.24) is 4.98 Å². The van der Waals surface area contributed by atoms with Crippen LogP contribution in [0.1, 0.15) is 11.1 Å². The predicted molar refractivity (Wildman–Crippen MR) is 102 cm³/mol. The van der Waals surface area contributed by atoms with Gasteiger partial charge in [-0.3, -0.25) is 4.79 Å². The van der Waals surface area contributed by atoms with Gasteiger partial charge in [-0.1, -0.05) is 30.3 Å². The molecule has 2 aromatic carbocycles. The van der Waals surface area contributed by atoms with Gasteiger partial charge in [-0.15, -0.1) is 0 Å². The molecule has 1 aromatic heterocycles. The fourth-order valence-corrected chi connectivity index (χ4v) is 3.03. The SMILES string of the molecule is Cc1cc2c(cc1NCc1cc(-c3ccccc3)c[nH]c1=O)OCCO2. The van der Waals surface area contributed by atoms with Crippen LogP contribution < -0.4 is 20.3 Å².